The van der Waals surface area contributed by atoms with Crippen LogP contribution in [0.5, 0.6) is 0 Å². The molecule has 2 aliphatic heterocycles. The molecule has 0 saturated heterocycles. The van der Waals surface area contributed by atoms with Crippen LogP contribution in [-0.4, -0.2) is 25.1 Å². The number of nitrogens with zero attached hydrogens (tertiary/aromatic N) is 1. The van der Waals surface area contributed by atoms with Gasteiger partial charge in [0.25, 0.3) is 0 Å². The van der Waals surface area contributed by atoms with Gasteiger partial charge < -0.3 is 9.47 Å². The van der Waals surface area contributed by atoms with Crippen molar-refractivity contribution in [2.75, 3.05) is 6.54 Å². The zero-order chi connectivity index (χ0) is 15.4. The van der Waals surface area contributed by atoms with Crippen molar-refractivity contribution in [3.05, 3.63) is 40.3 Å². The zero-order valence-corrected chi connectivity index (χ0v) is 14.4. The van der Waals surface area contributed by atoms with Crippen LogP contribution in [0.4, 0.5) is 0 Å². The van der Waals surface area contributed by atoms with E-state index in [1.165, 1.54) is 10.6 Å². The summed E-state index contributed by atoms with van der Waals surface area (Å²) >= 11 is 3.38. The highest BCUT2D eigenvalue weighted by Crippen LogP contribution is 2.41. The van der Waals surface area contributed by atoms with E-state index >= 15 is 0 Å². The number of fused-ring (bicyclic) bond motifs is 1. The van der Waals surface area contributed by atoms with Crippen LogP contribution in [0, 0.1) is 0 Å². The Labute approximate surface area is 132 Å². The summed E-state index contributed by atoms with van der Waals surface area (Å²) in [7, 11) is -3.50. The highest BCUT2D eigenvalue weighted by Gasteiger charge is 2.42. The summed E-state index contributed by atoms with van der Waals surface area (Å²) < 4.78 is 38.5. The Morgan fingerprint density at radius 1 is 1.38 bits per heavy atom. The van der Waals surface area contributed by atoms with Gasteiger partial charge in [0.2, 0.25) is 15.8 Å². The minimum Gasteiger partial charge on any atom is -0.457 e. The van der Waals surface area contributed by atoms with Crippen molar-refractivity contribution >= 4 is 26.0 Å². The molecule has 0 fully saturated rings. The normalized spacial score (nSPS) is 25.9. The average Bonchev–Trinajstić information content (AvgIpc) is 2.81. The second kappa shape index (κ2) is 4.72. The first-order valence-corrected chi connectivity index (χ1v) is 8.81. The molecule has 1 unspecified atom stereocenters. The van der Waals surface area contributed by atoms with Crippen LogP contribution in [0.15, 0.2) is 39.6 Å². The number of halogens is 1. The molecule has 0 amide bonds. The fourth-order valence-electron chi connectivity index (χ4n) is 2.59. The Kier molecular flexibility index (Phi) is 3.35. The lowest BCUT2D eigenvalue weighted by molar-refractivity contribution is -0.118. The van der Waals surface area contributed by atoms with E-state index in [0.29, 0.717) is 10.7 Å². The lowest BCUT2D eigenvalue weighted by atomic mass is 10.1. The van der Waals surface area contributed by atoms with Gasteiger partial charge in [-0.3, -0.25) is 0 Å². The van der Waals surface area contributed by atoms with Crippen molar-refractivity contribution in [2.45, 2.75) is 37.5 Å². The van der Waals surface area contributed by atoms with Crippen LogP contribution < -0.4 is 0 Å². The summed E-state index contributed by atoms with van der Waals surface area (Å²) in [4.78, 5) is 0.358. The molecule has 2 aliphatic rings. The summed E-state index contributed by atoms with van der Waals surface area (Å²) in [5, 5.41) is 0. The maximum absolute atomic E-state index is 12.6. The first-order valence-electron chi connectivity index (χ1n) is 6.58. The molecule has 1 atom stereocenters. The molecule has 0 N–H and O–H groups in total. The molecule has 3 rings (SSSR count). The van der Waals surface area contributed by atoms with Gasteiger partial charge in [-0.2, -0.15) is 4.31 Å². The molecule has 0 aliphatic carbocycles. The lowest BCUT2D eigenvalue weighted by Gasteiger charge is -2.22. The number of sulfonamides is 1. The molecule has 1 aromatic carbocycles. The summed E-state index contributed by atoms with van der Waals surface area (Å²) in [5.41, 5.74) is 0.795. The molecule has 1 aromatic rings. The second-order valence-electron chi connectivity index (χ2n) is 5.61. The van der Waals surface area contributed by atoms with E-state index in [-0.39, 0.29) is 12.6 Å². The van der Waals surface area contributed by atoms with Crippen LogP contribution in [0.25, 0.3) is 0 Å². The Balaban J connectivity index is 1.92. The molecule has 0 radical (unpaired) electrons. The molecular weight excluding hydrogens is 358 g/mol. The maximum atomic E-state index is 12.6. The van der Waals surface area contributed by atoms with Gasteiger partial charge in [0, 0.05) is 24.4 Å². The van der Waals surface area contributed by atoms with E-state index in [1.807, 2.05) is 13.0 Å². The molecule has 0 aromatic heterocycles. The fraction of sp³-hybridized carbons (Fsp3) is 0.429. The molecule has 21 heavy (non-hydrogen) atoms. The predicted molar refractivity (Wildman–Crippen MR) is 80.8 cm³/mol. The molecular formula is C14H16BrNO4S. The second-order valence-corrected chi connectivity index (χ2v) is 8.39. The van der Waals surface area contributed by atoms with E-state index < -0.39 is 15.8 Å². The Morgan fingerprint density at radius 2 is 2.10 bits per heavy atom. The van der Waals surface area contributed by atoms with Crippen LogP contribution in [0.1, 0.15) is 32.4 Å². The number of ether oxygens (including phenoxy) is 2. The summed E-state index contributed by atoms with van der Waals surface area (Å²) in [6, 6.07) is 4.98. The third-order valence-corrected chi connectivity index (χ3v) is 6.09. The van der Waals surface area contributed by atoms with Crippen molar-refractivity contribution in [2.24, 2.45) is 0 Å². The van der Waals surface area contributed by atoms with Gasteiger partial charge in [0.1, 0.15) is 6.26 Å². The lowest BCUT2D eigenvalue weighted by Crippen LogP contribution is -2.30. The predicted octanol–water partition coefficient (Wildman–Crippen LogP) is 3.14. The molecule has 7 heteroatoms. The SMILES string of the molecule is CC1c2cc(Br)ccc2S(=O)(=O)N1CC1=COC(C)(C)O1. The zero-order valence-electron chi connectivity index (χ0n) is 12.0. The van der Waals surface area contributed by atoms with E-state index in [2.05, 4.69) is 15.9 Å². The Morgan fingerprint density at radius 3 is 2.71 bits per heavy atom. The number of rotatable bonds is 2. The molecule has 0 saturated carbocycles. The number of hydrogen-bond donors (Lipinski definition) is 0. The molecule has 114 valence electrons. The third-order valence-electron chi connectivity index (χ3n) is 3.60. The van der Waals surface area contributed by atoms with Gasteiger partial charge in [-0.1, -0.05) is 15.9 Å². The summed E-state index contributed by atoms with van der Waals surface area (Å²) in [6.07, 6.45) is 1.49. The quantitative estimate of drug-likeness (QED) is 0.798. The van der Waals surface area contributed by atoms with E-state index in [4.69, 9.17) is 9.47 Å². The first-order chi connectivity index (χ1) is 9.71. The van der Waals surface area contributed by atoms with Crippen molar-refractivity contribution in [1.82, 2.24) is 4.31 Å². The van der Waals surface area contributed by atoms with Crippen molar-refractivity contribution < 1.29 is 17.9 Å². The van der Waals surface area contributed by atoms with Crippen LogP contribution in [0.2, 0.25) is 0 Å². The Hall–Kier alpha value is -1.05. The summed E-state index contributed by atoms with van der Waals surface area (Å²) in [6.45, 7) is 5.60. The highest BCUT2D eigenvalue weighted by molar-refractivity contribution is 9.10. The minimum atomic E-state index is -3.50. The van der Waals surface area contributed by atoms with Crippen molar-refractivity contribution in [1.29, 1.82) is 0 Å². The fourth-order valence-corrected chi connectivity index (χ4v) is 4.81. The molecule has 2 heterocycles. The summed E-state index contributed by atoms with van der Waals surface area (Å²) in [5.74, 6) is -0.222. The maximum Gasteiger partial charge on any atom is 0.244 e. The number of hydrogen-bond acceptors (Lipinski definition) is 4. The monoisotopic (exact) mass is 373 g/mol. The molecule has 0 bridgehead atoms. The van der Waals surface area contributed by atoms with Gasteiger partial charge in [-0.25, -0.2) is 8.42 Å². The minimum absolute atomic E-state index is 0.166. The van der Waals surface area contributed by atoms with E-state index in [0.717, 1.165) is 10.0 Å². The van der Waals surface area contributed by atoms with Crippen molar-refractivity contribution in [3.63, 3.8) is 0 Å². The van der Waals surface area contributed by atoms with Gasteiger partial charge in [-0.05, 0) is 30.7 Å². The standard InChI is InChI=1S/C14H16BrNO4S/c1-9-12-6-10(15)4-5-13(12)21(17,18)16(9)7-11-8-19-14(2,3)20-11/h4-6,8-9H,7H2,1-3H3. The third kappa shape index (κ3) is 2.47. The van der Waals surface area contributed by atoms with Crippen LogP contribution >= 0.6 is 15.9 Å². The Bertz CT molecular complexity index is 726. The first kappa shape index (κ1) is 14.9. The van der Waals surface area contributed by atoms with Gasteiger partial charge >= 0.3 is 0 Å². The topological polar surface area (TPSA) is 55.8 Å². The van der Waals surface area contributed by atoms with Crippen molar-refractivity contribution in [3.8, 4) is 0 Å². The van der Waals surface area contributed by atoms with Crippen LogP contribution in [-0.2, 0) is 19.5 Å². The molecule has 5 nitrogen and oxygen atoms in total. The van der Waals surface area contributed by atoms with E-state index in [9.17, 15) is 8.42 Å². The largest absolute Gasteiger partial charge is 0.457 e. The van der Waals surface area contributed by atoms with Gasteiger partial charge in [0.05, 0.1) is 11.4 Å². The van der Waals surface area contributed by atoms with Gasteiger partial charge in [0.15, 0.2) is 5.76 Å². The highest BCUT2D eigenvalue weighted by atomic mass is 79.9. The smallest absolute Gasteiger partial charge is 0.244 e. The number of benzene rings is 1. The van der Waals surface area contributed by atoms with Crippen LogP contribution in [0.3, 0.4) is 0 Å². The van der Waals surface area contributed by atoms with Gasteiger partial charge in [-0.15, -0.1) is 0 Å². The van der Waals surface area contributed by atoms with E-state index in [1.54, 1.807) is 26.0 Å². The average molecular weight is 374 g/mol. The molecule has 0 spiro atoms.